The molecule has 0 bridgehead atoms. The van der Waals surface area contributed by atoms with Gasteiger partial charge in [0, 0.05) is 19.4 Å². The van der Waals surface area contributed by atoms with Gasteiger partial charge in [-0.05, 0) is 83.5 Å². The third-order valence-corrected chi connectivity index (χ3v) is 8.93. The monoisotopic (exact) mass is 828 g/mol. The van der Waals surface area contributed by atoms with E-state index in [4.69, 9.17) is 24.3 Å². The summed E-state index contributed by atoms with van der Waals surface area (Å²) in [6.45, 7) is 3.24. The van der Waals surface area contributed by atoms with E-state index in [0.717, 1.165) is 57.8 Å². The van der Waals surface area contributed by atoms with E-state index in [2.05, 4.69) is 98.9 Å². The summed E-state index contributed by atoms with van der Waals surface area (Å²) < 4.78 is 32.5. The van der Waals surface area contributed by atoms with E-state index in [1.54, 1.807) is 12.2 Å². The standard InChI is InChI=1S/C47H74NO9P/c1-3-5-7-9-11-13-15-17-18-19-20-21-22-24-26-28-30-32-34-38-46(50)54-42-45(43-56-58(52,53)55-41-40-48)57-47(51)39-35-37-44(49)36-33-31-29-27-25-23-16-14-12-10-8-6-4-2/h5,7,11-14,17-18,20-21,23-26,29-33,36,44-45,49H,3-4,6,8-10,15-16,19,22,27-28,34-35,37-43,48H2,1-2H3,(H,52,53)/b7-5-,13-11-,14-12-,18-17-,21-20-,25-23-,26-24-,31-29-,32-30-,36-33+/t44-,45+/m0/s1. The molecule has 0 rings (SSSR count). The van der Waals surface area contributed by atoms with Crippen molar-refractivity contribution in [1.29, 1.82) is 0 Å². The highest BCUT2D eigenvalue weighted by Crippen LogP contribution is 2.43. The second-order valence-electron chi connectivity index (χ2n) is 13.3. The van der Waals surface area contributed by atoms with Crippen molar-refractivity contribution in [2.75, 3.05) is 26.4 Å². The highest BCUT2D eigenvalue weighted by atomic mass is 31.2. The van der Waals surface area contributed by atoms with Crippen LogP contribution in [0.15, 0.2) is 122 Å². The Morgan fingerprint density at radius 3 is 1.71 bits per heavy atom. The number of aliphatic hydroxyl groups excluding tert-OH is 1. The molecular weight excluding hydrogens is 753 g/mol. The normalized spacial score (nSPS) is 15.1. The number of hydrogen-bond donors (Lipinski definition) is 3. The minimum absolute atomic E-state index is 0.00668. The molecule has 0 fully saturated rings. The van der Waals surface area contributed by atoms with E-state index in [9.17, 15) is 24.2 Å². The average Bonchev–Trinajstić information content (AvgIpc) is 3.20. The van der Waals surface area contributed by atoms with Gasteiger partial charge in [0.1, 0.15) is 6.61 Å². The minimum atomic E-state index is -4.46. The van der Waals surface area contributed by atoms with Gasteiger partial charge in [-0.3, -0.25) is 18.6 Å². The summed E-state index contributed by atoms with van der Waals surface area (Å²) in [5.74, 6) is -1.14. The molecule has 0 aliphatic carbocycles. The van der Waals surface area contributed by atoms with Crippen molar-refractivity contribution in [3.63, 3.8) is 0 Å². The number of phosphoric acid groups is 1. The number of unbranched alkanes of at least 4 members (excludes halogenated alkanes) is 3. The molecule has 0 spiro atoms. The van der Waals surface area contributed by atoms with Crippen LogP contribution in [0.25, 0.3) is 0 Å². The molecule has 0 aromatic rings. The molecule has 4 N–H and O–H groups in total. The first-order valence-corrected chi connectivity index (χ1v) is 22.6. The third kappa shape index (κ3) is 40.6. The molecular formula is C47H74NO9P. The number of aliphatic hydroxyl groups is 1. The van der Waals surface area contributed by atoms with Gasteiger partial charge in [0.15, 0.2) is 6.10 Å². The Kier molecular flexibility index (Phi) is 38.9. The van der Waals surface area contributed by atoms with Crippen molar-refractivity contribution in [1.82, 2.24) is 0 Å². The zero-order valence-electron chi connectivity index (χ0n) is 35.3. The highest BCUT2D eigenvalue weighted by Gasteiger charge is 2.26. The summed E-state index contributed by atoms with van der Waals surface area (Å²) >= 11 is 0. The molecule has 0 saturated heterocycles. The lowest BCUT2D eigenvalue weighted by Crippen LogP contribution is -2.29. The van der Waals surface area contributed by atoms with Gasteiger partial charge in [-0.15, -0.1) is 0 Å². The molecule has 3 atom stereocenters. The molecule has 0 aliphatic heterocycles. The number of ether oxygens (including phenoxy) is 2. The lowest BCUT2D eigenvalue weighted by atomic mass is 10.1. The Morgan fingerprint density at radius 1 is 0.621 bits per heavy atom. The van der Waals surface area contributed by atoms with Crippen molar-refractivity contribution in [2.45, 2.75) is 135 Å². The third-order valence-electron chi connectivity index (χ3n) is 7.95. The van der Waals surface area contributed by atoms with Gasteiger partial charge >= 0.3 is 19.8 Å². The van der Waals surface area contributed by atoms with Gasteiger partial charge < -0.3 is 25.2 Å². The fraction of sp³-hybridized carbons (Fsp3) is 0.532. The Morgan fingerprint density at radius 2 is 1.16 bits per heavy atom. The summed E-state index contributed by atoms with van der Waals surface area (Å²) in [6.07, 6.45) is 52.7. The predicted octanol–water partition coefficient (Wildman–Crippen LogP) is 11.1. The van der Waals surface area contributed by atoms with Gasteiger partial charge in [-0.1, -0.05) is 148 Å². The maximum absolute atomic E-state index is 12.6. The van der Waals surface area contributed by atoms with E-state index < -0.39 is 38.6 Å². The van der Waals surface area contributed by atoms with Crippen LogP contribution in [0, 0.1) is 0 Å². The van der Waals surface area contributed by atoms with Crippen molar-refractivity contribution in [3.05, 3.63) is 122 Å². The van der Waals surface area contributed by atoms with Crippen LogP contribution in [-0.2, 0) is 32.7 Å². The molecule has 0 radical (unpaired) electrons. The molecule has 326 valence electrons. The quantitative estimate of drug-likeness (QED) is 0.0181. The maximum Gasteiger partial charge on any atom is 0.472 e. The molecule has 10 nitrogen and oxygen atoms in total. The van der Waals surface area contributed by atoms with Crippen LogP contribution in [0.2, 0.25) is 0 Å². The molecule has 0 heterocycles. The fourth-order valence-corrected chi connectivity index (χ4v) is 5.58. The number of nitrogens with two attached hydrogens (primary N) is 1. The molecule has 0 aromatic heterocycles. The average molecular weight is 828 g/mol. The molecule has 1 unspecified atom stereocenters. The second kappa shape index (κ2) is 41.5. The Hall–Kier alpha value is -3.63. The highest BCUT2D eigenvalue weighted by molar-refractivity contribution is 7.47. The summed E-state index contributed by atoms with van der Waals surface area (Å²) in [5, 5.41) is 10.3. The van der Waals surface area contributed by atoms with Crippen molar-refractivity contribution >= 4 is 19.8 Å². The Labute approximate surface area is 350 Å². The number of esters is 2. The first-order valence-electron chi connectivity index (χ1n) is 21.1. The van der Waals surface area contributed by atoms with Crippen LogP contribution in [-0.4, -0.2) is 60.5 Å². The van der Waals surface area contributed by atoms with Gasteiger partial charge in [-0.2, -0.15) is 0 Å². The van der Waals surface area contributed by atoms with Crippen molar-refractivity contribution in [3.8, 4) is 0 Å². The van der Waals surface area contributed by atoms with Crippen LogP contribution >= 0.6 is 7.82 Å². The predicted molar refractivity (Wildman–Crippen MR) is 239 cm³/mol. The number of hydrogen-bond acceptors (Lipinski definition) is 9. The van der Waals surface area contributed by atoms with E-state index in [-0.39, 0.29) is 32.6 Å². The fourth-order valence-electron chi connectivity index (χ4n) is 4.82. The number of carbonyl (C=O) groups is 2. The topological polar surface area (TPSA) is 155 Å². The van der Waals surface area contributed by atoms with Crippen LogP contribution in [0.3, 0.4) is 0 Å². The van der Waals surface area contributed by atoms with Gasteiger partial charge in [-0.25, -0.2) is 4.57 Å². The van der Waals surface area contributed by atoms with Crippen LogP contribution in [0.5, 0.6) is 0 Å². The van der Waals surface area contributed by atoms with Gasteiger partial charge in [0.25, 0.3) is 0 Å². The zero-order chi connectivity index (χ0) is 42.6. The summed E-state index contributed by atoms with van der Waals surface area (Å²) in [5.41, 5.74) is 5.33. The lowest BCUT2D eigenvalue weighted by Gasteiger charge is -2.20. The van der Waals surface area contributed by atoms with E-state index in [1.807, 2.05) is 24.3 Å². The smallest absolute Gasteiger partial charge is 0.462 e. The zero-order valence-corrected chi connectivity index (χ0v) is 36.2. The van der Waals surface area contributed by atoms with E-state index >= 15 is 0 Å². The molecule has 0 aliphatic rings. The molecule has 0 saturated carbocycles. The second-order valence-corrected chi connectivity index (χ2v) is 14.8. The van der Waals surface area contributed by atoms with E-state index in [0.29, 0.717) is 19.3 Å². The number of rotatable bonds is 37. The largest absolute Gasteiger partial charge is 0.472 e. The molecule has 0 amide bonds. The maximum atomic E-state index is 12.6. The van der Waals surface area contributed by atoms with Gasteiger partial charge in [0.05, 0.1) is 19.3 Å². The minimum Gasteiger partial charge on any atom is -0.462 e. The Bertz CT molecular complexity index is 1370. The summed E-state index contributed by atoms with van der Waals surface area (Å²) in [6, 6.07) is 0. The number of carbonyl (C=O) groups excluding carboxylic acids is 2. The Balaban J connectivity index is 4.52. The lowest BCUT2D eigenvalue weighted by molar-refractivity contribution is -0.161. The molecule has 11 heteroatoms. The number of phosphoric ester groups is 1. The van der Waals surface area contributed by atoms with Crippen molar-refractivity contribution in [2.24, 2.45) is 5.73 Å². The molecule has 0 aromatic carbocycles. The number of allylic oxidation sites excluding steroid dienone is 19. The SMILES string of the molecule is CC/C=C\C/C=C\C/C=C\C/C=C\C/C=C\C/C=C\CCC(=O)OC[C@H](COP(=O)(O)OCCN)OC(=O)CCC[C@@H](O)/C=C/C=C\C/C=C\C/C=C\CCCCC. The van der Waals surface area contributed by atoms with Crippen LogP contribution < -0.4 is 5.73 Å². The van der Waals surface area contributed by atoms with E-state index in [1.165, 1.54) is 19.3 Å². The molecule has 58 heavy (non-hydrogen) atoms. The van der Waals surface area contributed by atoms with Crippen LogP contribution in [0.4, 0.5) is 0 Å². The van der Waals surface area contributed by atoms with Crippen LogP contribution in [0.1, 0.15) is 123 Å². The first kappa shape index (κ1) is 54.4. The first-order chi connectivity index (χ1) is 28.2. The van der Waals surface area contributed by atoms with Gasteiger partial charge in [0.2, 0.25) is 0 Å². The summed E-state index contributed by atoms with van der Waals surface area (Å²) in [4.78, 5) is 34.8. The van der Waals surface area contributed by atoms with Crippen molar-refractivity contribution < 1.29 is 42.7 Å². The summed E-state index contributed by atoms with van der Waals surface area (Å²) in [7, 11) is -4.46.